The number of thioether (sulfide) groups is 1. The van der Waals surface area contributed by atoms with Gasteiger partial charge >= 0.3 is 0 Å². The quantitative estimate of drug-likeness (QED) is 0.256. The minimum absolute atomic E-state index is 0.112. The van der Waals surface area contributed by atoms with E-state index in [9.17, 15) is 4.39 Å². The van der Waals surface area contributed by atoms with Crippen LogP contribution in [0.1, 0.15) is 18.9 Å². The molecule has 0 radical (unpaired) electrons. The van der Waals surface area contributed by atoms with Crippen LogP contribution in [0.3, 0.4) is 0 Å². The molecule has 4 rings (SSSR count). The largest absolute Gasteiger partial charge is 0.461 e. The molecule has 0 aliphatic carbocycles. The maximum atomic E-state index is 13.9. The van der Waals surface area contributed by atoms with Gasteiger partial charge in [-0.25, -0.2) is 19.3 Å². The molecular formula is C21H22FN5OS. The van der Waals surface area contributed by atoms with Gasteiger partial charge in [-0.05, 0) is 37.5 Å². The number of imidazole rings is 1. The molecule has 0 amide bonds. The van der Waals surface area contributed by atoms with Crippen molar-refractivity contribution in [3.63, 3.8) is 0 Å². The topological polar surface area (TPSA) is 82.8 Å². The fourth-order valence-electron chi connectivity index (χ4n) is 3.17. The number of benzene rings is 1. The number of aryl methyl sites for hydroxylation is 1. The third kappa shape index (κ3) is 4.42. The number of fused-ring (bicyclic) bond motifs is 1. The lowest BCUT2D eigenvalue weighted by molar-refractivity contribution is 0.323. The van der Waals surface area contributed by atoms with Crippen LogP contribution >= 0.6 is 11.8 Å². The van der Waals surface area contributed by atoms with Crippen molar-refractivity contribution in [2.75, 3.05) is 11.5 Å². The van der Waals surface area contributed by atoms with Gasteiger partial charge in [0.15, 0.2) is 33.7 Å². The number of rotatable bonds is 8. The van der Waals surface area contributed by atoms with Gasteiger partial charge in [-0.2, -0.15) is 0 Å². The lowest BCUT2D eigenvalue weighted by Crippen LogP contribution is -2.10. The van der Waals surface area contributed by atoms with E-state index in [1.807, 2.05) is 18.2 Å². The average molecular weight is 412 g/mol. The van der Waals surface area contributed by atoms with Gasteiger partial charge in [-0.1, -0.05) is 42.1 Å². The van der Waals surface area contributed by atoms with Crippen LogP contribution in [0.2, 0.25) is 0 Å². The van der Waals surface area contributed by atoms with Gasteiger partial charge < -0.3 is 14.7 Å². The molecular weight excluding hydrogens is 389 g/mol. The van der Waals surface area contributed by atoms with E-state index in [1.165, 1.54) is 12.5 Å². The fourth-order valence-corrected chi connectivity index (χ4v) is 3.95. The summed E-state index contributed by atoms with van der Waals surface area (Å²) in [6, 6.07) is 13.9. The zero-order valence-corrected chi connectivity index (χ0v) is 16.9. The van der Waals surface area contributed by atoms with Gasteiger partial charge in [0.1, 0.15) is 6.17 Å². The molecule has 0 aliphatic rings. The molecule has 0 bridgehead atoms. The molecule has 3 aromatic heterocycles. The zero-order chi connectivity index (χ0) is 20.2. The van der Waals surface area contributed by atoms with Crippen LogP contribution in [0.25, 0.3) is 22.7 Å². The SMILES string of the molecule is CC(F)Cn1c(-c2ccco2)nc2c(N)nc(SCCCc3ccccc3)nc21. The van der Waals surface area contributed by atoms with Crippen molar-refractivity contribution in [3.8, 4) is 11.6 Å². The predicted octanol–water partition coefficient (Wildman–Crippen LogP) is 4.75. The summed E-state index contributed by atoms with van der Waals surface area (Å²) in [6.07, 6.45) is 2.47. The van der Waals surface area contributed by atoms with Gasteiger partial charge in [-0.3, -0.25) is 0 Å². The van der Waals surface area contributed by atoms with Crippen LogP contribution in [0.5, 0.6) is 0 Å². The standard InChI is InChI=1S/C21H22FN5OS/c1-14(22)13-27-19(16-10-5-11-28-16)24-17-18(23)25-21(26-20(17)27)29-12-6-9-15-7-3-2-4-8-15/h2-5,7-8,10-11,14H,6,9,12-13H2,1H3,(H2,23,25,26). The monoisotopic (exact) mass is 411 g/mol. The van der Waals surface area contributed by atoms with Crippen molar-refractivity contribution in [1.29, 1.82) is 0 Å². The Bertz CT molecular complexity index is 1080. The van der Waals surface area contributed by atoms with Gasteiger partial charge in [-0.15, -0.1) is 0 Å². The second-order valence-corrected chi connectivity index (χ2v) is 7.87. The van der Waals surface area contributed by atoms with Crippen LogP contribution < -0.4 is 5.73 Å². The second-order valence-electron chi connectivity index (χ2n) is 6.81. The van der Waals surface area contributed by atoms with E-state index in [0.717, 1.165) is 18.6 Å². The minimum atomic E-state index is -1.07. The van der Waals surface area contributed by atoms with Crippen LogP contribution in [0.15, 0.2) is 58.3 Å². The molecule has 3 heterocycles. The number of nitrogen functional groups attached to an aromatic ring is 1. The van der Waals surface area contributed by atoms with Crippen molar-refractivity contribution in [3.05, 3.63) is 54.3 Å². The number of aromatic nitrogens is 4. The highest BCUT2D eigenvalue weighted by molar-refractivity contribution is 7.99. The number of hydrogen-bond acceptors (Lipinski definition) is 6. The van der Waals surface area contributed by atoms with Crippen LogP contribution in [-0.2, 0) is 13.0 Å². The van der Waals surface area contributed by atoms with Crippen molar-refractivity contribution in [2.45, 2.75) is 37.6 Å². The summed E-state index contributed by atoms with van der Waals surface area (Å²) in [5.41, 5.74) is 8.45. The van der Waals surface area contributed by atoms with E-state index < -0.39 is 6.17 Å². The van der Waals surface area contributed by atoms with Crippen molar-refractivity contribution >= 4 is 28.7 Å². The first kappa shape index (κ1) is 19.4. The normalized spacial score (nSPS) is 12.5. The maximum absolute atomic E-state index is 13.9. The van der Waals surface area contributed by atoms with Crippen molar-refractivity contribution in [2.24, 2.45) is 0 Å². The smallest absolute Gasteiger partial charge is 0.191 e. The number of hydrogen-bond donors (Lipinski definition) is 1. The highest BCUT2D eigenvalue weighted by atomic mass is 32.2. The Labute approximate surface area is 172 Å². The first-order chi connectivity index (χ1) is 14.1. The number of anilines is 1. The van der Waals surface area contributed by atoms with Gasteiger partial charge in [0.2, 0.25) is 0 Å². The summed E-state index contributed by atoms with van der Waals surface area (Å²) in [5, 5.41) is 0.571. The fraction of sp³-hybridized carbons (Fsp3) is 0.286. The van der Waals surface area contributed by atoms with E-state index in [-0.39, 0.29) is 6.54 Å². The molecule has 0 spiro atoms. The Hall–Kier alpha value is -2.87. The maximum Gasteiger partial charge on any atom is 0.191 e. The Morgan fingerprint density at radius 3 is 2.69 bits per heavy atom. The average Bonchev–Trinajstić information content (AvgIpc) is 3.35. The third-order valence-electron chi connectivity index (χ3n) is 4.46. The first-order valence-electron chi connectivity index (χ1n) is 9.50. The Morgan fingerprint density at radius 1 is 1.14 bits per heavy atom. The van der Waals surface area contributed by atoms with Gasteiger partial charge in [0, 0.05) is 5.75 Å². The van der Waals surface area contributed by atoms with Crippen molar-refractivity contribution < 1.29 is 8.81 Å². The Kier molecular flexibility index (Phi) is 5.80. The molecule has 0 fully saturated rings. The highest BCUT2D eigenvalue weighted by Crippen LogP contribution is 2.29. The summed E-state index contributed by atoms with van der Waals surface area (Å²) >= 11 is 1.54. The van der Waals surface area contributed by atoms with Crippen LogP contribution in [-0.4, -0.2) is 31.4 Å². The van der Waals surface area contributed by atoms with Crippen LogP contribution in [0.4, 0.5) is 10.2 Å². The van der Waals surface area contributed by atoms with E-state index in [0.29, 0.717) is 33.7 Å². The molecule has 1 aromatic carbocycles. The Balaban J connectivity index is 1.58. The highest BCUT2D eigenvalue weighted by Gasteiger charge is 2.20. The summed E-state index contributed by atoms with van der Waals surface area (Å²) < 4.78 is 21.0. The van der Waals surface area contributed by atoms with Gasteiger partial charge in [0.25, 0.3) is 0 Å². The molecule has 29 heavy (non-hydrogen) atoms. The summed E-state index contributed by atoms with van der Waals surface area (Å²) in [4.78, 5) is 13.5. The molecule has 150 valence electrons. The van der Waals surface area contributed by atoms with Crippen molar-refractivity contribution in [1.82, 2.24) is 19.5 Å². The van der Waals surface area contributed by atoms with Gasteiger partial charge in [0.05, 0.1) is 12.8 Å². The number of alkyl halides is 1. The zero-order valence-electron chi connectivity index (χ0n) is 16.1. The number of nitrogens with zero attached hydrogens (tertiary/aromatic N) is 4. The lowest BCUT2D eigenvalue weighted by Gasteiger charge is -2.09. The number of nitrogens with two attached hydrogens (primary N) is 1. The molecule has 4 aromatic rings. The predicted molar refractivity (Wildman–Crippen MR) is 113 cm³/mol. The molecule has 8 heteroatoms. The number of halogens is 1. The van der Waals surface area contributed by atoms with E-state index in [2.05, 4.69) is 27.1 Å². The molecule has 0 aliphatic heterocycles. The molecule has 1 unspecified atom stereocenters. The molecule has 2 N–H and O–H groups in total. The summed E-state index contributed by atoms with van der Waals surface area (Å²) in [6.45, 7) is 1.61. The molecule has 1 atom stereocenters. The number of furan rings is 1. The van der Waals surface area contributed by atoms with Crippen LogP contribution in [0, 0.1) is 0 Å². The van der Waals surface area contributed by atoms with E-state index >= 15 is 0 Å². The second kappa shape index (κ2) is 8.65. The Morgan fingerprint density at radius 2 is 1.97 bits per heavy atom. The first-order valence-corrected chi connectivity index (χ1v) is 10.5. The van der Waals surface area contributed by atoms with E-state index in [4.69, 9.17) is 10.2 Å². The summed E-state index contributed by atoms with van der Waals surface area (Å²) in [5.74, 6) is 2.19. The summed E-state index contributed by atoms with van der Waals surface area (Å²) in [7, 11) is 0. The van der Waals surface area contributed by atoms with E-state index in [1.54, 1.807) is 34.7 Å². The molecule has 0 saturated carbocycles. The lowest BCUT2D eigenvalue weighted by atomic mass is 10.1. The minimum Gasteiger partial charge on any atom is -0.461 e. The molecule has 0 saturated heterocycles. The molecule has 6 nitrogen and oxygen atoms in total. The third-order valence-corrected chi connectivity index (χ3v) is 5.39.